The number of carbonyl (C=O) groups is 2. The number of imidazole rings is 1. The number of nitrogens with zero attached hydrogens (tertiary/aromatic N) is 3. The first-order valence-corrected chi connectivity index (χ1v) is 15.2. The molecule has 3 heterocycles. The van der Waals surface area contributed by atoms with Gasteiger partial charge in [-0.15, -0.1) is 0 Å². The summed E-state index contributed by atoms with van der Waals surface area (Å²) in [4.78, 5) is 29.8. The Morgan fingerprint density at radius 1 is 1.00 bits per heavy atom. The number of hydrogen-bond donors (Lipinski definition) is 2. The lowest BCUT2D eigenvalue weighted by atomic mass is 9.75. The van der Waals surface area contributed by atoms with E-state index < -0.39 is 11.5 Å². The third-order valence-electron chi connectivity index (χ3n) is 9.62. The predicted molar refractivity (Wildman–Crippen MR) is 167 cm³/mol. The highest BCUT2D eigenvalue weighted by Gasteiger charge is 2.44. The molecule has 0 unspecified atom stereocenters. The molecule has 7 rings (SSSR count). The van der Waals surface area contributed by atoms with Crippen molar-refractivity contribution >= 4 is 39.9 Å². The van der Waals surface area contributed by atoms with Crippen LogP contribution in [0.1, 0.15) is 84.6 Å². The van der Waals surface area contributed by atoms with Crippen LogP contribution in [0.3, 0.4) is 0 Å². The molecule has 1 amide bonds. The van der Waals surface area contributed by atoms with E-state index in [4.69, 9.17) is 14.5 Å². The van der Waals surface area contributed by atoms with Crippen LogP contribution < -0.4 is 5.32 Å². The van der Waals surface area contributed by atoms with Crippen molar-refractivity contribution < 1.29 is 19.1 Å². The molecule has 2 aromatic carbocycles. The van der Waals surface area contributed by atoms with Gasteiger partial charge in [0, 0.05) is 42.2 Å². The van der Waals surface area contributed by atoms with Crippen molar-refractivity contribution in [3.8, 4) is 11.3 Å². The van der Waals surface area contributed by atoms with Gasteiger partial charge in [-0.3, -0.25) is 4.79 Å². The van der Waals surface area contributed by atoms with E-state index >= 15 is 0 Å². The van der Waals surface area contributed by atoms with Gasteiger partial charge in [0.1, 0.15) is 5.82 Å². The number of aryl methyl sites for hydroxylation is 2. The molecular formula is C35H36N4O4. The summed E-state index contributed by atoms with van der Waals surface area (Å²) >= 11 is 0. The Hall–Kier alpha value is -4.59. The maximum Gasteiger partial charge on any atom is 0.328 e. The fourth-order valence-corrected chi connectivity index (χ4v) is 7.29. The molecule has 2 aliphatic carbocycles. The van der Waals surface area contributed by atoms with Crippen LogP contribution in [0.4, 0.5) is 0 Å². The van der Waals surface area contributed by atoms with E-state index in [-0.39, 0.29) is 5.91 Å². The maximum atomic E-state index is 13.9. The third kappa shape index (κ3) is 4.65. The molecule has 0 bridgehead atoms. The molecule has 5 aromatic rings. The fourth-order valence-electron chi connectivity index (χ4n) is 7.29. The highest BCUT2D eigenvalue weighted by atomic mass is 16.4. The second-order valence-electron chi connectivity index (χ2n) is 12.2. The van der Waals surface area contributed by atoms with Crippen LogP contribution in [-0.2, 0) is 24.4 Å². The fraction of sp³-hybridized carbons (Fsp3) is 0.343. The Bertz CT molecular complexity index is 1880. The van der Waals surface area contributed by atoms with Gasteiger partial charge < -0.3 is 24.0 Å². The van der Waals surface area contributed by atoms with E-state index in [0.29, 0.717) is 11.5 Å². The number of carboxylic acids is 1. The molecule has 220 valence electrons. The number of furan rings is 1. The van der Waals surface area contributed by atoms with Crippen LogP contribution in [0.25, 0.3) is 39.3 Å². The molecule has 2 N–H and O–H groups in total. The monoisotopic (exact) mass is 576 g/mol. The number of nitrogens with one attached hydrogen (secondary N) is 1. The Morgan fingerprint density at radius 2 is 1.81 bits per heavy atom. The summed E-state index contributed by atoms with van der Waals surface area (Å²) in [6.45, 7) is 0. The van der Waals surface area contributed by atoms with Gasteiger partial charge in [0.05, 0.1) is 34.8 Å². The standard InChI is InChI=1S/C35H36N4O4/c1-38-28-20-24(11-12-26(28)31(23-7-4-3-5-8-23)32(38)25-15-18-43-21-25)33(42)37-35(16-6-17-35)34-36-27-13-9-22(10-14-30(40)41)19-29(27)39(34)2/h9-15,18-21,23H,3-8,16-17H2,1-2H3,(H,37,42)(H,40,41). The van der Waals surface area contributed by atoms with E-state index in [0.717, 1.165) is 58.8 Å². The molecule has 8 heteroatoms. The second-order valence-corrected chi connectivity index (χ2v) is 12.2. The van der Waals surface area contributed by atoms with E-state index in [1.54, 1.807) is 12.3 Å². The zero-order valence-corrected chi connectivity index (χ0v) is 24.6. The van der Waals surface area contributed by atoms with Crippen LogP contribution >= 0.6 is 0 Å². The highest BCUT2D eigenvalue weighted by Crippen LogP contribution is 2.45. The molecular weight excluding hydrogens is 540 g/mol. The molecule has 2 fully saturated rings. The Morgan fingerprint density at radius 3 is 2.51 bits per heavy atom. The number of amides is 1. The molecule has 0 aliphatic heterocycles. The zero-order chi connectivity index (χ0) is 29.7. The molecule has 43 heavy (non-hydrogen) atoms. The molecule has 2 saturated carbocycles. The molecule has 8 nitrogen and oxygen atoms in total. The Kier molecular flexibility index (Phi) is 6.72. The largest absolute Gasteiger partial charge is 0.478 e. The molecule has 0 saturated heterocycles. The average molecular weight is 577 g/mol. The van der Waals surface area contributed by atoms with Crippen molar-refractivity contribution in [2.24, 2.45) is 14.1 Å². The topological polar surface area (TPSA) is 102 Å². The Balaban J connectivity index is 1.24. The SMILES string of the molecule is Cn1c(C2(NC(=O)c3ccc4c(C5CCCCC5)c(-c5ccoc5)n(C)c4c3)CCC2)nc2ccc(C=CC(=O)O)cc21. The Labute approximate surface area is 250 Å². The van der Waals surface area contributed by atoms with E-state index in [2.05, 4.69) is 23.0 Å². The number of fused-ring (bicyclic) bond motifs is 2. The minimum absolute atomic E-state index is 0.107. The van der Waals surface area contributed by atoms with Gasteiger partial charge in [-0.1, -0.05) is 31.4 Å². The van der Waals surface area contributed by atoms with Crippen molar-refractivity contribution in [3.05, 3.63) is 83.6 Å². The summed E-state index contributed by atoms with van der Waals surface area (Å²) in [6.07, 6.45) is 15.0. The first-order valence-electron chi connectivity index (χ1n) is 15.2. The number of carboxylic acid groups (broad SMARTS) is 1. The van der Waals surface area contributed by atoms with Crippen molar-refractivity contribution in [1.29, 1.82) is 0 Å². The molecule has 0 radical (unpaired) electrons. The predicted octanol–water partition coefficient (Wildman–Crippen LogP) is 7.28. The number of benzene rings is 2. The summed E-state index contributed by atoms with van der Waals surface area (Å²) in [7, 11) is 4.05. The van der Waals surface area contributed by atoms with E-state index in [9.17, 15) is 9.59 Å². The van der Waals surface area contributed by atoms with Crippen molar-refractivity contribution in [3.63, 3.8) is 0 Å². The van der Waals surface area contributed by atoms with Crippen molar-refractivity contribution in [2.75, 3.05) is 0 Å². The van der Waals surface area contributed by atoms with Crippen LogP contribution in [0.2, 0.25) is 0 Å². The first kappa shape index (κ1) is 27.3. The van der Waals surface area contributed by atoms with Gasteiger partial charge in [0.25, 0.3) is 5.91 Å². The van der Waals surface area contributed by atoms with E-state index in [1.807, 2.05) is 54.3 Å². The quantitative estimate of drug-likeness (QED) is 0.198. The van der Waals surface area contributed by atoms with Crippen LogP contribution in [0.15, 0.2) is 65.5 Å². The average Bonchev–Trinajstić information content (AvgIpc) is 3.71. The summed E-state index contributed by atoms with van der Waals surface area (Å²) in [5.74, 6) is 0.226. The van der Waals surface area contributed by atoms with Gasteiger partial charge in [-0.2, -0.15) is 0 Å². The van der Waals surface area contributed by atoms with Crippen molar-refractivity contribution in [1.82, 2.24) is 19.4 Å². The number of hydrogen-bond acceptors (Lipinski definition) is 4. The van der Waals surface area contributed by atoms with E-state index in [1.165, 1.54) is 48.7 Å². The van der Waals surface area contributed by atoms with Crippen molar-refractivity contribution in [2.45, 2.75) is 62.8 Å². The summed E-state index contributed by atoms with van der Waals surface area (Å²) in [5.41, 5.74) is 7.26. The van der Waals surface area contributed by atoms with Gasteiger partial charge in [0.2, 0.25) is 0 Å². The smallest absolute Gasteiger partial charge is 0.328 e. The minimum Gasteiger partial charge on any atom is -0.478 e. The van der Waals surface area contributed by atoms with Gasteiger partial charge in [-0.25, -0.2) is 9.78 Å². The zero-order valence-electron chi connectivity index (χ0n) is 24.6. The summed E-state index contributed by atoms with van der Waals surface area (Å²) in [6, 6.07) is 13.8. The normalized spacial score (nSPS) is 17.1. The lowest BCUT2D eigenvalue weighted by Gasteiger charge is -2.41. The van der Waals surface area contributed by atoms with Crippen LogP contribution in [-0.4, -0.2) is 31.1 Å². The summed E-state index contributed by atoms with van der Waals surface area (Å²) < 4.78 is 9.74. The molecule has 2 aliphatic rings. The number of carbonyl (C=O) groups excluding carboxylic acids is 1. The van der Waals surface area contributed by atoms with Crippen LogP contribution in [0, 0.1) is 0 Å². The minimum atomic E-state index is -0.988. The lowest BCUT2D eigenvalue weighted by Crippen LogP contribution is -2.52. The third-order valence-corrected chi connectivity index (χ3v) is 9.62. The number of aliphatic carboxylic acids is 1. The maximum absolute atomic E-state index is 13.9. The van der Waals surface area contributed by atoms with Gasteiger partial charge in [0.15, 0.2) is 0 Å². The lowest BCUT2D eigenvalue weighted by molar-refractivity contribution is -0.131. The number of rotatable bonds is 7. The molecule has 0 spiro atoms. The number of aromatic nitrogens is 3. The van der Waals surface area contributed by atoms with Gasteiger partial charge >= 0.3 is 5.97 Å². The molecule has 0 atom stereocenters. The second kappa shape index (κ2) is 10.6. The highest BCUT2D eigenvalue weighted by molar-refractivity contribution is 6.01. The van der Waals surface area contributed by atoms with Gasteiger partial charge in [-0.05, 0) is 85.6 Å². The molecule has 3 aromatic heterocycles. The summed E-state index contributed by atoms with van der Waals surface area (Å²) in [5, 5.41) is 13.6. The first-order chi connectivity index (χ1) is 20.8. The van der Waals surface area contributed by atoms with Crippen LogP contribution in [0.5, 0.6) is 0 Å².